The van der Waals surface area contributed by atoms with Gasteiger partial charge in [0.05, 0.1) is 21.7 Å². The zero-order valence-electron chi connectivity index (χ0n) is 19.2. The van der Waals surface area contributed by atoms with E-state index in [9.17, 15) is 13.2 Å². The number of fused-ring (bicyclic) bond motifs is 1. The number of Topliss-reactive ketones (excluding diaryl/α,β-unsaturated/α-hetero) is 1. The van der Waals surface area contributed by atoms with Gasteiger partial charge in [0.15, 0.2) is 10.9 Å². The fourth-order valence-corrected chi connectivity index (χ4v) is 6.56. The summed E-state index contributed by atoms with van der Waals surface area (Å²) in [5, 5.41) is 0.787. The molecule has 0 saturated heterocycles. The Morgan fingerprint density at radius 2 is 1.88 bits per heavy atom. The molecule has 0 amide bonds. The number of aromatic nitrogens is 2. The Labute approximate surface area is 200 Å². The van der Waals surface area contributed by atoms with Crippen molar-refractivity contribution in [3.05, 3.63) is 54.1 Å². The van der Waals surface area contributed by atoms with Crippen molar-refractivity contribution in [1.29, 1.82) is 0 Å². The predicted molar refractivity (Wildman–Crippen MR) is 133 cm³/mol. The first-order chi connectivity index (χ1) is 15.9. The fraction of sp³-hybridized carbons (Fsp3) is 0.440. The lowest BCUT2D eigenvalue weighted by atomic mass is 10.2. The molecule has 8 heteroatoms. The normalized spacial score (nSPS) is 15.0. The van der Waals surface area contributed by atoms with Gasteiger partial charge in [0.1, 0.15) is 0 Å². The summed E-state index contributed by atoms with van der Waals surface area (Å²) in [6, 6.07) is 14.9. The van der Waals surface area contributed by atoms with Gasteiger partial charge in [0.2, 0.25) is 10.0 Å². The summed E-state index contributed by atoms with van der Waals surface area (Å²) < 4.78 is 29.7. The van der Waals surface area contributed by atoms with Crippen molar-refractivity contribution < 1.29 is 13.2 Å². The highest BCUT2D eigenvalue weighted by molar-refractivity contribution is 7.99. The summed E-state index contributed by atoms with van der Waals surface area (Å²) in [5.41, 5.74) is 2.30. The molecule has 1 heterocycles. The van der Waals surface area contributed by atoms with Gasteiger partial charge < -0.3 is 4.57 Å². The van der Waals surface area contributed by atoms with Crippen molar-refractivity contribution in [2.75, 3.05) is 19.3 Å². The van der Waals surface area contributed by atoms with Gasteiger partial charge in [-0.1, -0.05) is 68.3 Å². The molecule has 0 radical (unpaired) electrons. The van der Waals surface area contributed by atoms with Crippen LogP contribution in [0.15, 0.2) is 58.6 Å². The van der Waals surface area contributed by atoms with Crippen molar-refractivity contribution in [2.24, 2.45) is 0 Å². The summed E-state index contributed by atoms with van der Waals surface area (Å²) in [6.07, 6.45) is 6.26. The van der Waals surface area contributed by atoms with Crippen LogP contribution < -0.4 is 0 Å². The molecule has 2 aromatic carbocycles. The minimum absolute atomic E-state index is 0.0615. The molecular formula is C25H31N3O3S2. The Bertz CT molecular complexity index is 1220. The molecule has 0 N–H and O–H groups in total. The van der Waals surface area contributed by atoms with Gasteiger partial charge in [0, 0.05) is 25.2 Å². The first kappa shape index (κ1) is 24.0. The number of imidazole rings is 1. The zero-order valence-corrected chi connectivity index (χ0v) is 20.9. The summed E-state index contributed by atoms with van der Waals surface area (Å²) in [4.78, 5) is 17.7. The molecule has 1 aliphatic carbocycles. The van der Waals surface area contributed by atoms with E-state index in [1.165, 1.54) is 28.9 Å². The number of sulfonamides is 1. The maximum Gasteiger partial charge on any atom is 0.242 e. The van der Waals surface area contributed by atoms with Crippen LogP contribution in [0.25, 0.3) is 11.0 Å². The lowest BCUT2D eigenvalue weighted by Gasteiger charge is -2.17. The smallest absolute Gasteiger partial charge is 0.242 e. The fourth-order valence-electron chi connectivity index (χ4n) is 4.35. The van der Waals surface area contributed by atoms with Crippen LogP contribution >= 0.6 is 11.8 Å². The lowest BCUT2D eigenvalue weighted by molar-refractivity contribution is 0.102. The van der Waals surface area contributed by atoms with Gasteiger partial charge in [-0.3, -0.25) is 4.79 Å². The van der Waals surface area contributed by atoms with Gasteiger partial charge in [-0.15, -0.1) is 0 Å². The minimum Gasteiger partial charge on any atom is -0.316 e. The SMILES string of the molecule is CCCCN(C)S(=O)(=O)c1ccc2c(c1)nc(SCC(=O)c1ccccc1)n2C1CCCC1. The van der Waals surface area contributed by atoms with Gasteiger partial charge in [-0.05, 0) is 37.5 Å². The third kappa shape index (κ3) is 5.18. The van der Waals surface area contributed by atoms with Crippen LogP contribution in [0, 0.1) is 0 Å². The Morgan fingerprint density at radius 1 is 1.15 bits per heavy atom. The number of nitrogens with zero attached hydrogens (tertiary/aromatic N) is 3. The first-order valence-corrected chi connectivity index (χ1v) is 14.0. The van der Waals surface area contributed by atoms with E-state index in [4.69, 9.17) is 4.98 Å². The highest BCUT2D eigenvalue weighted by Crippen LogP contribution is 2.37. The molecule has 1 aliphatic rings. The number of unbranched alkanes of at least 4 members (excludes halogenated alkanes) is 1. The van der Waals surface area contributed by atoms with E-state index in [-0.39, 0.29) is 10.7 Å². The molecular weight excluding hydrogens is 454 g/mol. The molecule has 0 aliphatic heterocycles. The van der Waals surface area contributed by atoms with Crippen LogP contribution in [0.5, 0.6) is 0 Å². The summed E-state index contributed by atoms with van der Waals surface area (Å²) in [7, 11) is -1.94. The van der Waals surface area contributed by atoms with Crippen molar-refractivity contribution in [2.45, 2.75) is 61.5 Å². The summed E-state index contributed by atoms with van der Waals surface area (Å²) in [5.74, 6) is 0.358. The number of hydrogen-bond acceptors (Lipinski definition) is 5. The van der Waals surface area contributed by atoms with Crippen molar-refractivity contribution in [1.82, 2.24) is 13.9 Å². The Hall–Kier alpha value is -2.16. The standard InChI is InChI=1S/C25H31N3O3S2/c1-3-4-16-27(2)33(30,31)21-14-15-23-22(17-21)26-25(28(23)20-12-8-9-13-20)32-18-24(29)19-10-6-5-7-11-19/h5-7,10-11,14-15,17,20H,3-4,8-9,12-13,16,18H2,1-2H3. The molecule has 176 valence electrons. The van der Waals surface area contributed by atoms with Crippen LogP contribution in [0.1, 0.15) is 61.8 Å². The monoisotopic (exact) mass is 485 g/mol. The maximum absolute atomic E-state index is 13.0. The van der Waals surface area contributed by atoms with Gasteiger partial charge >= 0.3 is 0 Å². The highest BCUT2D eigenvalue weighted by Gasteiger charge is 2.26. The number of ketones is 1. The van der Waals surface area contributed by atoms with E-state index >= 15 is 0 Å². The molecule has 3 aromatic rings. The highest BCUT2D eigenvalue weighted by atomic mass is 32.2. The Morgan fingerprint density at radius 3 is 2.58 bits per heavy atom. The molecule has 1 saturated carbocycles. The Kier molecular flexibility index (Phi) is 7.56. The molecule has 0 unspecified atom stereocenters. The topological polar surface area (TPSA) is 72.3 Å². The number of thioether (sulfide) groups is 1. The number of carbonyl (C=O) groups is 1. The van der Waals surface area contributed by atoms with Crippen LogP contribution in [0.3, 0.4) is 0 Å². The van der Waals surface area contributed by atoms with Crippen molar-refractivity contribution >= 4 is 38.6 Å². The summed E-state index contributed by atoms with van der Waals surface area (Å²) >= 11 is 1.44. The van der Waals surface area contributed by atoms with Crippen molar-refractivity contribution in [3.8, 4) is 0 Å². The molecule has 0 bridgehead atoms. The van der Waals surface area contributed by atoms with E-state index in [0.29, 0.717) is 29.4 Å². The lowest BCUT2D eigenvalue weighted by Crippen LogP contribution is -2.27. The van der Waals surface area contributed by atoms with Crippen LogP contribution in [-0.4, -0.2) is 47.4 Å². The van der Waals surface area contributed by atoms with Crippen LogP contribution in [0.4, 0.5) is 0 Å². The zero-order chi connectivity index (χ0) is 23.4. The molecule has 33 heavy (non-hydrogen) atoms. The number of rotatable bonds is 10. The number of benzene rings is 2. The van der Waals surface area contributed by atoms with Crippen molar-refractivity contribution in [3.63, 3.8) is 0 Å². The number of hydrogen-bond donors (Lipinski definition) is 0. The molecule has 1 aromatic heterocycles. The molecule has 4 rings (SSSR count). The molecule has 0 spiro atoms. The van der Waals surface area contributed by atoms with E-state index in [2.05, 4.69) is 4.57 Å². The van der Waals surface area contributed by atoms with E-state index < -0.39 is 10.0 Å². The largest absolute Gasteiger partial charge is 0.316 e. The van der Waals surface area contributed by atoms with Crippen LogP contribution in [0.2, 0.25) is 0 Å². The third-order valence-electron chi connectivity index (χ3n) is 6.28. The number of carbonyl (C=O) groups excluding carboxylic acids is 1. The van der Waals surface area contributed by atoms with Gasteiger partial charge in [-0.25, -0.2) is 17.7 Å². The average molecular weight is 486 g/mol. The molecule has 0 atom stereocenters. The third-order valence-corrected chi connectivity index (χ3v) is 9.09. The molecule has 6 nitrogen and oxygen atoms in total. The first-order valence-electron chi connectivity index (χ1n) is 11.6. The quantitative estimate of drug-likeness (QED) is 0.278. The summed E-state index contributed by atoms with van der Waals surface area (Å²) in [6.45, 7) is 2.54. The van der Waals surface area contributed by atoms with Gasteiger partial charge in [0.25, 0.3) is 0 Å². The van der Waals surface area contributed by atoms with E-state index in [1.54, 1.807) is 19.2 Å². The Balaban J connectivity index is 1.66. The maximum atomic E-state index is 13.0. The second-order valence-corrected chi connectivity index (χ2v) is 11.6. The average Bonchev–Trinajstić information content (AvgIpc) is 3.48. The van der Waals surface area contributed by atoms with Gasteiger partial charge in [-0.2, -0.15) is 0 Å². The van der Waals surface area contributed by atoms with E-state index in [1.807, 2.05) is 43.3 Å². The molecule has 1 fully saturated rings. The second-order valence-electron chi connectivity index (χ2n) is 8.61. The second kappa shape index (κ2) is 10.4. The predicted octanol–water partition coefficient (Wildman–Crippen LogP) is 5.55. The van der Waals surface area contributed by atoms with Crippen LogP contribution in [-0.2, 0) is 10.0 Å². The minimum atomic E-state index is -3.56. The van der Waals surface area contributed by atoms with E-state index in [0.717, 1.165) is 36.4 Å².